The fourth-order valence-corrected chi connectivity index (χ4v) is 4.42. The number of hydrogen-bond donors (Lipinski definition) is 5. The highest BCUT2D eigenvalue weighted by atomic mass is 32.2. The summed E-state index contributed by atoms with van der Waals surface area (Å²) < 4.78 is 3.30. The van der Waals surface area contributed by atoms with Crippen LogP contribution in [0.3, 0.4) is 0 Å². The number of amidine groups is 1. The van der Waals surface area contributed by atoms with Gasteiger partial charge >= 0.3 is 0 Å². The zero-order chi connectivity index (χ0) is 25.6. The Balaban J connectivity index is 1.46. The Morgan fingerprint density at radius 1 is 0.833 bits per heavy atom. The van der Waals surface area contributed by atoms with Crippen molar-refractivity contribution in [2.75, 3.05) is 6.54 Å². The number of nitrogens with two attached hydrogens (primary N) is 1. The fraction of sp³-hybridized carbons (Fsp3) is 0.250. The summed E-state index contributed by atoms with van der Waals surface area (Å²) in [6.07, 6.45) is 2.40. The van der Waals surface area contributed by atoms with E-state index in [0.717, 1.165) is 24.2 Å². The number of nitrogens with one attached hydrogen (secondary N) is 4. The predicted octanol–water partition coefficient (Wildman–Crippen LogP) is 3.53. The average Bonchev–Trinajstić information content (AvgIpc) is 2.91. The van der Waals surface area contributed by atoms with Crippen LogP contribution >= 0.6 is 11.9 Å². The molecular weight excluding hydrogens is 470 g/mol. The number of carbonyl (C=O) groups is 2. The number of benzene rings is 3. The first kappa shape index (κ1) is 27.0. The van der Waals surface area contributed by atoms with E-state index in [9.17, 15) is 9.59 Å². The molecule has 8 heteroatoms. The topological polar surface area (TPSA) is 120 Å². The van der Waals surface area contributed by atoms with Crippen molar-refractivity contribution in [3.63, 3.8) is 0 Å². The molecule has 0 unspecified atom stereocenters. The Bertz CT molecular complexity index is 1060. The second-order valence-electron chi connectivity index (χ2n) is 8.43. The van der Waals surface area contributed by atoms with Crippen molar-refractivity contribution < 1.29 is 9.59 Å². The molecule has 2 amide bonds. The van der Waals surface area contributed by atoms with Gasteiger partial charge in [0, 0.05) is 17.9 Å². The molecule has 0 aliphatic heterocycles. The molecule has 0 bridgehead atoms. The van der Waals surface area contributed by atoms with E-state index in [4.69, 9.17) is 11.1 Å². The van der Waals surface area contributed by atoms with Crippen LogP contribution in [0.4, 0.5) is 0 Å². The van der Waals surface area contributed by atoms with E-state index >= 15 is 0 Å². The summed E-state index contributed by atoms with van der Waals surface area (Å²) in [6.45, 7) is 0.239. The molecule has 0 saturated heterocycles. The second kappa shape index (κ2) is 14.7. The van der Waals surface area contributed by atoms with Gasteiger partial charge in [-0.25, -0.2) is 0 Å². The van der Waals surface area contributed by atoms with E-state index in [2.05, 4.69) is 39.6 Å². The number of carbonyl (C=O) groups excluding carboxylic acids is 2. The molecule has 0 spiro atoms. The first-order valence-electron chi connectivity index (χ1n) is 11.9. The van der Waals surface area contributed by atoms with Gasteiger partial charge < -0.3 is 16.4 Å². The minimum absolute atomic E-state index is 0.00200. The molecule has 0 heterocycles. The zero-order valence-corrected chi connectivity index (χ0v) is 21.0. The first-order chi connectivity index (χ1) is 17.5. The number of aryl methyl sites for hydroxylation is 1. The Kier molecular flexibility index (Phi) is 11.0. The van der Waals surface area contributed by atoms with Gasteiger partial charge in [-0.05, 0) is 36.0 Å². The maximum Gasteiger partial charge on any atom is 0.239 e. The molecular formula is C28H33N5O2S. The lowest BCUT2D eigenvalue weighted by Crippen LogP contribution is -2.45. The molecule has 0 fully saturated rings. The van der Waals surface area contributed by atoms with Crippen LogP contribution in [-0.4, -0.2) is 30.2 Å². The van der Waals surface area contributed by atoms with Gasteiger partial charge in [-0.1, -0.05) is 96.9 Å². The Hall–Kier alpha value is -3.62. The average molecular weight is 504 g/mol. The molecule has 188 valence electrons. The zero-order valence-electron chi connectivity index (χ0n) is 20.2. The molecule has 0 aromatic heterocycles. The van der Waals surface area contributed by atoms with Gasteiger partial charge in [0.25, 0.3) is 0 Å². The normalized spacial score (nSPS) is 11.4. The summed E-state index contributed by atoms with van der Waals surface area (Å²) in [4.78, 5) is 25.2. The Morgan fingerprint density at radius 3 is 2.11 bits per heavy atom. The Morgan fingerprint density at radius 2 is 1.47 bits per heavy atom. The predicted molar refractivity (Wildman–Crippen MR) is 146 cm³/mol. The highest BCUT2D eigenvalue weighted by Gasteiger charge is 2.19. The number of rotatable bonds is 14. The first-order valence-corrected chi connectivity index (χ1v) is 12.9. The third-order valence-corrected chi connectivity index (χ3v) is 6.53. The van der Waals surface area contributed by atoms with Crippen molar-refractivity contribution in [2.24, 2.45) is 5.73 Å². The molecule has 6 N–H and O–H groups in total. The highest BCUT2D eigenvalue weighted by molar-refractivity contribution is 7.96. The smallest absolute Gasteiger partial charge is 0.239 e. The fourth-order valence-electron chi connectivity index (χ4n) is 3.55. The molecule has 0 radical (unpaired) electrons. The van der Waals surface area contributed by atoms with Gasteiger partial charge in [0.15, 0.2) is 0 Å². The van der Waals surface area contributed by atoms with E-state index in [-0.39, 0.29) is 24.2 Å². The van der Waals surface area contributed by atoms with Crippen LogP contribution in [0.5, 0.6) is 0 Å². The minimum Gasteiger partial charge on any atom is -0.384 e. The maximum atomic E-state index is 12.9. The Labute approximate surface area is 216 Å². The van der Waals surface area contributed by atoms with E-state index in [1.54, 1.807) is 12.1 Å². The largest absolute Gasteiger partial charge is 0.384 e. The molecule has 36 heavy (non-hydrogen) atoms. The standard InChI is InChI=1S/C28H33N5O2S/c29-27(30)24-16-14-22(15-17-24)18-31-26(34)19-32-28(35)25(13-7-12-21-8-3-1-4-9-21)33-36-20-23-10-5-2-6-11-23/h1-6,8-11,14-17,25,33H,7,12-13,18-20H2,(H3,29,30)(H,31,34)(H,32,35)/t25-/m1/s1. The van der Waals surface area contributed by atoms with E-state index in [1.807, 2.05) is 48.5 Å². The highest BCUT2D eigenvalue weighted by Crippen LogP contribution is 2.13. The number of hydrogen-bond acceptors (Lipinski definition) is 5. The summed E-state index contributed by atoms with van der Waals surface area (Å²) in [6, 6.07) is 27.0. The van der Waals surface area contributed by atoms with Gasteiger partial charge in [0.1, 0.15) is 5.84 Å². The van der Waals surface area contributed by atoms with Crippen LogP contribution in [0.25, 0.3) is 0 Å². The third-order valence-electron chi connectivity index (χ3n) is 5.60. The van der Waals surface area contributed by atoms with Crippen molar-refractivity contribution in [3.05, 3.63) is 107 Å². The second-order valence-corrected chi connectivity index (χ2v) is 9.24. The molecule has 0 saturated carbocycles. The lowest BCUT2D eigenvalue weighted by molar-refractivity contribution is -0.127. The van der Waals surface area contributed by atoms with Crippen LogP contribution in [0.1, 0.15) is 35.1 Å². The summed E-state index contributed by atoms with van der Waals surface area (Å²) in [5.74, 6) is 0.289. The van der Waals surface area contributed by atoms with Gasteiger partial charge in [0.05, 0.1) is 12.6 Å². The molecule has 1 atom stereocenters. The van der Waals surface area contributed by atoms with E-state index in [0.29, 0.717) is 18.5 Å². The quantitative estimate of drug-likeness (QED) is 0.131. The summed E-state index contributed by atoms with van der Waals surface area (Å²) in [5.41, 5.74) is 9.40. The van der Waals surface area contributed by atoms with Crippen molar-refractivity contribution in [3.8, 4) is 0 Å². The number of nitrogen functional groups attached to an aromatic ring is 1. The van der Waals surface area contributed by atoms with Gasteiger partial charge in [-0.3, -0.25) is 19.7 Å². The van der Waals surface area contributed by atoms with Crippen molar-refractivity contribution in [2.45, 2.75) is 37.6 Å². The van der Waals surface area contributed by atoms with Crippen LogP contribution in [-0.2, 0) is 28.3 Å². The maximum absolute atomic E-state index is 12.9. The monoisotopic (exact) mass is 503 g/mol. The minimum atomic E-state index is -0.408. The summed E-state index contributed by atoms with van der Waals surface area (Å²) in [7, 11) is 0. The van der Waals surface area contributed by atoms with Crippen LogP contribution < -0.4 is 21.1 Å². The molecule has 0 aliphatic rings. The van der Waals surface area contributed by atoms with Gasteiger partial charge in [-0.15, -0.1) is 0 Å². The molecule has 0 aliphatic carbocycles. The van der Waals surface area contributed by atoms with Gasteiger partial charge in [0.2, 0.25) is 11.8 Å². The van der Waals surface area contributed by atoms with Crippen molar-refractivity contribution in [1.82, 2.24) is 15.4 Å². The van der Waals surface area contributed by atoms with Gasteiger partial charge in [-0.2, -0.15) is 0 Å². The SMILES string of the molecule is N=C(N)c1ccc(CNC(=O)CNC(=O)[C@@H](CCCc2ccccc2)NSCc2ccccc2)cc1. The van der Waals surface area contributed by atoms with Crippen LogP contribution in [0.15, 0.2) is 84.9 Å². The number of amides is 2. The molecule has 3 aromatic rings. The van der Waals surface area contributed by atoms with Crippen molar-refractivity contribution >= 4 is 29.6 Å². The molecule has 3 rings (SSSR count). The van der Waals surface area contributed by atoms with Crippen LogP contribution in [0.2, 0.25) is 0 Å². The summed E-state index contributed by atoms with van der Waals surface area (Å²) >= 11 is 1.50. The third kappa shape index (κ3) is 9.56. The van der Waals surface area contributed by atoms with E-state index in [1.165, 1.54) is 23.1 Å². The van der Waals surface area contributed by atoms with Crippen molar-refractivity contribution in [1.29, 1.82) is 5.41 Å². The lowest BCUT2D eigenvalue weighted by Gasteiger charge is -2.18. The lowest BCUT2D eigenvalue weighted by atomic mass is 10.0. The molecule has 7 nitrogen and oxygen atoms in total. The molecule has 3 aromatic carbocycles. The van der Waals surface area contributed by atoms with E-state index < -0.39 is 6.04 Å². The van der Waals surface area contributed by atoms with Crippen LogP contribution in [0, 0.1) is 5.41 Å². The summed E-state index contributed by atoms with van der Waals surface area (Å²) in [5, 5.41) is 13.0.